The molecule has 0 spiro atoms. The molecule has 0 saturated carbocycles. The van der Waals surface area contributed by atoms with Crippen LogP contribution in [0.15, 0.2) is 35.6 Å². The highest BCUT2D eigenvalue weighted by Gasteiger charge is 2.08. The zero-order valence-electron chi connectivity index (χ0n) is 17.0. The molecule has 1 N–H and O–H groups in total. The topological polar surface area (TPSA) is 67.6 Å². The molecule has 0 atom stereocenters. The minimum absolute atomic E-state index is 0.781. The second-order valence-electron chi connectivity index (χ2n) is 6.48. The van der Waals surface area contributed by atoms with Gasteiger partial charge >= 0.3 is 0 Å². The average Bonchev–Trinajstić information content (AvgIpc) is 3.15. The molecule has 27 heavy (non-hydrogen) atoms. The van der Waals surface area contributed by atoms with Gasteiger partial charge in [0.15, 0.2) is 5.96 Å². The molecule has 148 valence electrons. The van der Waals surface area contributed by atoms with Crippen LogP contribution >= 0.6 is 0 Å². The smallest absolute Gasteiger partial charge is 0.194 e. The summed E-state index contributed by atoms with van der Waals surface area (Å²) < 4.78 is 7.32. The molecule has 0 saturated heterocycles. The van der Waals surface area contributed by atoms with E-state index in [4.69, 9.17) is 9.73 Å². The molecule has 0 fully saturated rings. The molecular formula is C20H32N6O. The number of nitrogens with one attached hydrogen (secondary N) is 1. The van der Waals surface area contributed by atoms with Crippen molar-refractivity contribution in [3.05, 3.63) is 42.0 Å². The summed E-state index contributed by atoms with van der Waals surface area (Å²) >= 11 is 0. The number of ether oxygens (including phenoxy) is 1. The highest BCUT2D eigenvalue weighted by molar-refractivity contribution is 5.79. The number of aromatic nitrogens is 3. The first kappa shape index (κ1) is 20.7. The summed E-state index contributed by atoms with van der Waals surface area (Å²) in [5.74, 6) is 2.80. The maximum atomic E-state index is 5.23. The lowest BCUT2D eigenvalue weighted by atomic mass is 10.2. The van der Waals surface area contributed by atoms with Crippen molar-refractivity contribution in [3.63, 3.8) is 0 Å². The van der Waals surface area contributed by atoms with Gasteiger partial charge in [0.1, 0.15) is 17.9 Å². The number of hydrogen-bond acceptors (Lipinski definition) is 4. The maximum Gasteiger partial charge on any atom is 0.194 e. The Hall–Kier alpha value is -2.57. The fourth-order valence-corrected chi connectivity index (χ4v) is 2.76. The van der Waals surface area contributed by atoms with Crippen molar-refractivity contribution in [2.24, 2.45) is 4.99 Å². The molecule has 1 aromatic carbocycles. The van der Waals surface area contributed by atoms with Crippen LogP contribution in [-0.4, -0.2) is 52.9 Å². The van der Waals surface area contributed by atoms with Crippen molar-refractivity contribution < 1.29 is 4.74 Å². The Bertz CT molecular complexity index is 695. The third kappa shape index (κ3) is 6.58. The second-order valence-corrected chi connectivity index (χ2v) is 6.48. The number of aliphatic imine (C=N–C) groups is 1. The largest absolute Gasteiger partial charge is 0.497 e. The van der Waals surface area contributed by atoms with Gasteiger partial charge in [0, 0.05) is 39.6 Å². The SMILES string of the molecule is CCCCN=C(NCCn1cnnc1CC)N(C)Cc1ccc(OC)cc1. The summed E-state index contributed by atoms with van der Waals surface area (Å²) in [6.07, 6.45) is 4.90. The van der Waals surface area contributed by atoms with Gasteiger partial charge in [0.05, 0.1) is 7.11 Å². The summed E-state index contributed by atoms with van der Waals surface area (Å²) in [4.78, 5) is 6.93. The van der Waals surface area contributed by atoms with Crippen LogP contribution in [0.2, 0.25) is 0 Å². The van der Waals surface area contributed by atoms with Crippen LogP contribution in [0.25, 0.3) is 0 Å². The molecule has 0 aliphatic heterocycles. The third-order valence-electron chi connectivity index (χ3n) is 4.36. The van der Waals surface area contributed by atoms with E-state index in [0.717, 1.165) is 63.0 Å². The molecule has 0 bridgehead atoms. The Kier molecular flexibility index (Phi) is 8.61. The van der Waals surface area contributed by atoms with E-state index in [9.17, 15) is 0 Å². The zero-order valence-corrected chi connectivity index (χ0v) is 17.0. The first-order chi connectivity index (χ1) is 13.2. The Morgan fingerprint density at radius 3 is 2.70 bits per heavy atom. The number of guanidine groups is 1. The van der Waals surface area contributed by atoms with Crippen molar-refractivity contribution in [1.29, 1.82) is 0 Å². The molecule has 7 heteroatoms. The molecule has 0 radical (unpaired) electrons. The lowest BCUT2D eigenvalue weighted by molar-refractivity contribution is 0.414. The standard InChI is InChI=1S/C20H32N6O/c1-5-7-12-21-20(22-13-14-26-16-23-24-19(26)6-2)25(3)15-17-8-10-18(27-4)11-9-17/h8-11,16H,5-7,12-15H2,1-4H3,(H,21,22). The van der Waals surface area contributed by atoms with Gasteiger partial charge in [0.25, 0.3) is 0 Å². The van der Waals surface area contributed by atoms with Crippen LogP contribution < -0.4 is 10.1 Å². The first-order valence-electron chi connectivity index (χ1n) is 9.67. The van der Waals surface area contributed by atoms with Crippen LogP contribution in [-0.2, 0) is 19.5 Å². The summed E-state index contributed by atoms with van der Waals surface area (Å²) in [6.45, 7) is 7.49. The van der Waals surface area contributed by atoms with E-state index in [0.29, 0.717) is 0 Å². The van der Waals surface area contributed by atoms with Gasteiger partial charge in [-0.15, -0.1) is 10.2 Å². The van der Waals surface area contributed by atoms with Gasteiger partial charge < -0.3 is 19.5 Å². The van der Waals surface area contributed by atoms with Crippen LogP contribution in [0.1, 0.15) is 38.1 Å². The van der Waals surface area contributed by atoms with E-state index >= 15 is 0 Å². The molecule has 2 rings (SSSR count). The van der Waals surface area contributed by atoms with Gasteiger partial charge in [-0.05, 0) is 24.1 Å². The van der Waals surface area contributed by atoms with E-state index in [1.54, 1.807) is 13.4 Å². The predicted molar refractivity (Wildman–Crippen MR) is 109 cm³/mol. The Labute approximate surface area is 162 Å². The fraction of sp³-hybridized carbons (Fsp3) is 0.550. The molecule has 1 heterocycles. The van der Waals surface area contributed by atoms with E-state index in [1.807, 2.05) is 12.1 Å². The monoisotopic (exact) mass is 372 g/mol. The van der Waals surface area contributed by atoms with Crippen molar-refractivity contribution >= 4 is 5.96 Å². The van der Waals surface area contributed by atoms with Gasteiger partial charge in [-0.2, -0.15) is 0 Å². The number of hydrogen-bond donors (Lipinski definition) is 1. The predicted octanol–water partition coefficient (Wildman–Crippen LogP) is 2.73. The number of aryl methyl sites for hydroxylation is 1. The highest BCUT2D eigenvalue weighted by Crippen LogP contribution is 2.12. The Morgan fingerprint density at radius 2 is 2.04 bits per heavy atom. The van der Waals surface area contributed by atoms with Crippen molar-refractivity contribution in [3.8, 4) is 5.75 Å². The van der Waals surface area contributed by atoms with Crippen LogP contribution in [0.5, 0.6) is 5.75 Å². The molecule has 0 amide bonds. The number of rotatable bonds is 10. The second kappa shape index (κ2) is 11.2. The maximum absolute atomic E-state index is 5.23. The van der Waals surface area contributed by atoms with Gasteiger partial charge in [-0.25, -0.2) is 0 Å². The normalized spacial score (nSPS) is 11.5. The van der Waals surface area contributed by atoms with E-state index < -0.39 is 0 Å². The van der Waals surface area contributed by atoms with Crippen LogP contribution in [0.3, 0.4) is 0 Å². The number of nitrogens with zero attached hydrogens (tertiary/aromatic N) is 5. The van der Waals surface area contributed by atoms with Crippen molar-refractivity contribution in [2.45, 2.75) is 46.2 Å². The van der Waals surface area contributed by atoms with Gasteiger partial charge in [0.2, 0.25) is 0 Å². The quantitative estimate of drug-likeness (QED) is 0.395. The molecule has 7 nitrogen and oxygen atoms in total. The summed E-state index contributed by atoms with van der Waals surface area (Å²) in [5.41, 5.74) is 1.22. The lowest BCUT2D eigenvalue weighted by Crippen LogP contribution is -2.40. The molecular weight excluding hydrogens is 340 g/mol. The van der Waals surface area contributed by atoms with Gasteiger partial charge in [-0.3, -0.25) is 4.99 Å². The van der Waals surface area contributed by atoms with Gasteiger partial charge in [-0.1, -0.05) is 32.4 Å². The third-order valence-corrected chi connectivity index (χ3v) is 4.36. The molecule has 0 aliphatic carbocycles. The highest BCUT2D eigenvalue weighted by atomic mass is 16.5. The molecule has 2 aromatic rings. The minimum Gasteiger partial charge on any atom is -0.497 e. The van der Waals surface area contributed by atoms with E-state index in [1.165, 1.54) is 5.56 Å². The number of benzene rings is 1. The van der Waals surface area contributed by atoms with Crippen molar-refractivity contribution in [1.82, 2.24) is 25.0 Å². The molecule has 0 aliphatic rings. The Morgan fingerprint density at radius 1 is 1.26 bits per heavy atom. The number of unbranched alkanes of at least 4 members (excludes halogenated alkanes) is 1. The summed E-state index contributed by atoms with van der Waals surface area (Å²) in [6, 6.07) is 8.15. The summed E-state index contributed by atoms with van der Waals surface area (Å²) in [7, 11) is 3.75. The summed E-state index contributed by atoms with van der Waals surface area (Å²) in [5, 5.41) is 11.6. The molecule has 1 aromatic heterocycles. The minimum atomic E-state index is 0.781. The zero-order chi connectivity index (χ0) is 19.5. The average molecular weight is 373 g/mol. The number of methoxy groups -OCH3 is 1. The van der Waals surface area contributed by atoms with Crippen LogP contribution in [0, 0.1) is 0 Å². The van der Waals surface area contributed by atoms with E-state index in [-0.39, 0.29) is 0 Å². The van der Waals surface area contributed by atoms with Crippen LogP contribution in [0.4, 0.5) is 0 Å². The molecule has 0 unspecified atom stereocenters. The fourth-order valence-electron chi connectivity index (χ4n) is 2.76. The van der Waals surface area contributed by atoms with Crippen molar-refractivity contribution in [2.75, 3.05) is 27.2 Å². The lowest BCUT2D eigenvalue weighted by Gasteiger charge is -2.23. The first-order valence-corrected chi connectivity index (χ1v) is 9.67. The van der Waals surface area contributed by atoms with E-state index in [2.05, 4.69) is 58.0 Å². The Balaban J connectivity index is 1.95.